The Morgan fingerprint density at radius 2 is 2.00 bits per heavy atom. The molecule has 0 amide bonds. The van der Waals surface area contributed by atoms with E-state index in [4.69, 9.17) is 15.7 Å². The molecule has 2 N–H and O–H groups in total. The molecule has 104 valence electrons. The molecule has 21 heavy (non-hydrogen) atoms. The fourth-order valence-electron chi connectivity index (χ4n) is 1.95. The molecule has 0 aliphatic carbocycles. The summed E-state index contributed by atoms with van der Waals surface area (Å²) in [7, 11) is 0. The number of nitrogens with two attached hydrogens (primary N) is 1. The first-order valence-electron chi connectivity index (χ1n) is 6.32. The van der Waals surface area contributed by atoms with Gasteiger partial charge in [-0.05, 0) is 24.3 Å². The molecular weight excluding hydrogens is 268 g/mol. The minimum atomic E-state index is 0.367. The molecule has 0 radical (unpaired) electrons. The molecule has 0 saturated heterocycles. The predicted molar refractivity (Wildman–Crippen MR) is 76.4 cm³/mol. The maximum absolute atomic E-state index is 8.73. The Morgan fingerprint density at radius 3 is 2.76 bits per heavy atom. The number of benzene rings is 1. The van der Waals surface area contributed by atoms with Gasteiger partial charge in [-0.25, -0.2) is 15.0 Å². The van der Waals surface area contributed by atoms with Crippen LogP contribution in [0, 0.1) is 11.3 Å². The highest BCUT2D eigenvalue weighted by Gasteiger charge is 2.07. The van der Waals surface area contributed by atoms with Crippen molar-refractivity contribution in [2.24, 2.45) is 0 Å². The summed E-state index contributed by atoms with van der Waals surface area (Å²) in [5.41, 5.74) is 7.62. The minimum absolute atomic E-state index is 0.367. The Balaban J connectivity index is 1.66. The van der Waals surface area contributed by atoms with Crippen molar-refractivity contribution in [1.29, 1.82) is 5.26 Å². The smallest absolute Gasteiger partial charge is 0.165 e. The normalized spacial score (nSPS) is 10.4. The van der Waals surface area contributed by atoms with E-state index in [1.807, 2.05) is 4.57 Å². The molecule has 3 aromatic rings. The molecule has 0 saturated carbocycles. The summed E-state index contributed by atoms with van der Waals surface area (Å²) in [6.07, 6.45) is 3.08. The minimum Gasteiger partial charge on any atom is -0.492 e. The molecule has 2 aromatic heterocycles. The van der Waals surface area contributed by atoms with Crippen molar-refractivity contribution in [3.05, 3.63) is 42.5 Å². The van der Waals surface area contributed by atoms with Crippen LogP contribution < -0.4 is 10.5 Å². The fraction of sp³-hybridized carbons (Fsp3) is 0.143. The van der Waals surface area contributed by atoms with Gasteiger partial charge in [0.15, 0.2) is 11.5 Å². The second kappa shape index (κ2) is 5.46. The third kappa shape index (κ3) is 2.60. The van der Waals surface area contributed by atoms with Gasteiger partial charge in [0.2, 0.25) is 0 Å². The number of hydrogen-bond acceptors (Lipinski definition) is 6. The van der Waals surface area contributed by atoms with Gasteiger partial charge >= 0.3 is 0 Å². The lowest BCUT2D eigenvalue weighted by Crippen LogP contribution is -2.08. The number of ether oxygens (including phenoxy) is 1. The Labute approximate surface area is 120 Å². The lowest BCUT2D eigenvalue weighted by atomic mass is 10.2. The van der Waals surface area contributed by atoms with E-state index in [1.165, 1.54) is 6.33 Å². The topological polar surface area (TPSA) is 103 Å². The van der Waals surface area contributed by atoms with Crippen molar-refractivity contribution in [3.63, 3.8) is 0 Å². The van der Waals surface area contributed by atoms with Crippen molar-refractivity contribution in [1.82, 2.24) is 19.5 Å². The molecule has 7 nitrogen and oxygen atoms in total. The lowest BCUT2D eigenvalue weighted by Gasteiger charge is -2.07. The van der Waals surface area contributed by atoms with Gasteiger partial charge in [-0.1, -0.05) is 0 Å². The number of nitrogen functional groups attached to an aromatic ring is 1. The fourth-order valence-corrected chi connectivity index (χ4v) is 1.95. The Kier molecular flexibility index (Phi) is 3.35. The lowest BCUT2D eigenvalue weighted by molar-refractivity contribution is 0.300. The summed E-state index contributed by atoms with van der Waals surface area (Å²) in [6.45, 7) is 1.05. The molecular formula is C14H12N6O. The van der Waals surface area contributed by atoms with Crippen molar-refractivity contribution in [2.75, 3.05) is 12.3 Å². The standard InChI is InChI=1S/C14H12N6O/c15-7-10-1-3-11(4-2-10)21-6-5-20-9-19-12-13(16)17-8-18-14(12)20/h1-4,8-9H,5-6H2,(H2,16,17,18). The number of hydrogen-bond donors (Lipinski definition) is 1. The summed E-state index contributed by atoms with van der Waals surface area (Å²) in [4.78, 5) is 12.3. The van der Waals surface area contributed by atoms with Crippen molar-refractivity contribution in [2.45, 2.75) is 6.54 Å². The van der Waals surface area contributed by atoms with E-state index in [0.29, 0.717) is 41.4 Å². The van der Waals surface area contributed by atoms with E-state index in [0.717, 1.165) is 0 Å². The third-order valence-corrected chi connectivity index (χ3v) is 3.01. The second-order valence-corrected chi connectivity index (χ2v) is 4.35. The number of rotatable bonds is 4. The molecule has 0 unspecified atom stereocenters. The second-order valence-electron chi connectivity index (χ2n) is 4.35. The van der Waals surface area contributed by atoms with E-state index < -0.39 is 0 Å². The molecule has 0 atom stereocenters. The number of nitriles is 1. The number of fused-ring (bicyclic) bond motifs is 1. The maximum atomic E-state index is 8.73. The van der Waals surface area contributed by atoms with E-state index in [1.54, 1.807) is 30.6 Å². The molecule has 0 aliphatic rings. The van der Waals surface area contributed by atoms with Gasteiger partial charge in [0, 0.05) is 0 Å². The van der Waals surface area contributed by atoms with Crippen LogP contribution in [0.5, 0.6) is 5.75 Å². The van der Waals surface area contributed by atoms with E-state index in [2.05, 4.69) is 21.0 Å². The summed E-state index contributed by atoms with van der Waals surface area (Å²) < 4.78 is 7.48. The predicted octanol–water partition coefficient (Wildman–Crippen LogP) is 1.36. The van der Waals surface area contributed by atoms with E-state index in [9.17, 15) is 0 Å². The van der Waals surface area contributed by atoms with Gasteiger partial charge in [0.25, 0.3) is 0 Å². The highest BCUT2D eigenvalue weighted by Crippen LogP contribution is 2.15. The van der Waals surface area contributed by atoms with Crippen LogP contribution in [-0.4, -0.2) is 26.1 Å². The van der Waals surface area contributed by atoms with Crippen LogP contribution in [0.1, 0.15) is 5.56 Å². The van der Waals surface area contributed by atoms with Crippen molar-refractivity contribution < 1.29 is 4.74 Å². The van der Waals surface area contributed by atoms with Crippen LogP contribution in [0.15, 0.2) is 36.9 Å². The van der Waals surface area contributed by atoms with Gasteiger partial charge in [-0.3, -0.25) is 0 Å². The first kappa shape index (κ1) is 12.9. The highest BCUT2D eigenvalue weighted by molar-refractivity contribution is 5.81. The molecule has 0 aliphatic heterocycles. The number of nitrogens with zero attached hydrogens (tertiary/aromatic N) is 5. The summed E-state index contributed by atoms with van der Waals surface area (Å²) >= 11 is 0. The molecule has 1 aromatic carbocycles. The molecule has 0 bridgehead atoms. The van der Waals surface area contributed by atoms with E-state index >= 15 is 0 Å². The Morgan fingerprint density at radius 1 is 1.19 bits per heavy atom. The van der Waals surface area contributed by atoms with Crippen LogP contribution in [0.3, 0.4) is 0 Å². The SMILES string of the molecule is N#Cc1ccc(OCCn2cnc3c(N)ncnc32)cc1. The quantitative estimate of drug-likeness (QED) is 0.774. The van der Waals surface area contributed by atoms with Crippen LogP contribution >= 0.6 is 0 Å². The first-order valence-corrected chi connectivity index (χ1v) is 6.32. The van der Waals surface area contributed by atoms with Crippen LogP contribution in [-0.2, 0) is 6.54 Å². The Hall–Kier alpha value is -3.14. The van der Waals surface area contributed by atoms with Crippen molar-refractivity contribution >= 4 is 17.0 Å². The van der Waals surface area contributed by atoms with Gasteiger partial charge in [-0.2, -0.15) is 5.26 Å². The third-order valence-electron chi connectivity index (χ3n) is 3.01. The zero-order valence-corrected chi connectivity index (χ0v) is 11.1. The molecule has 0 spiro atoms. The zero-order valence-electron chi connectivity index (χ0n) is 11.1. The van der Waals surface area contributed by atoms with Gasteiger partial charge in [0.1, 0.15) is 24.2 Å². The molecule has 3 rings (SSSR count). The number of aromatic nitrogens is 4. The monoisotopic (exact) mass is 280 g/mol. The molecule has 7 heteroatoms. The van der Waals surface area contributed by atoms with Gasteiger partial charge < -0.3 is 15.0 Å². The first-order chi connectivity index (χ1) is 10.3. The maximum Gasteiger partial charge on any atom is 0.165 e. The van der Waals surface area contributed by atoms with Gasteiger partial charge in [-0.15, -0.1) is 0 Å². The largest absolute Gasteiger partial charge is 0.492 e. The van der Waals surface area contributed by atoms with Crippen molar-refractivity contribution in [3.8, 4) is 11.8 Å². The van der Waals surface area contributed by atoms with Crippen LogP contribution in [0.4, 0.5) is 5.82 Å². The van der Waals surface area contributed by atoms with E-state index in [-0.39, 0.29) is 0 Å². The average molecular weight is 280 g/mol. The number of anilines is 1. The summed E-state index contributed by atoms with van der Waals surface area (Å²) in [5, 5.41) is 8.73. The number of imidazole rings is 1. The van der Waals surface area contributed by atoms with Crippen LogP contribution in [0.25, 0.3) is 11.2 Å². The molecule has 2 heterocycles. The van der Waals surface area contributed by atoms with Crippen LogP contribution in [0.2, 0.25) is 0 Å². The Bertz CT molecular complexity index is 802. The summed E-state index contributed by atoms with van der Waals surface area (Å²) in [6, 6.07) is 9.04. The molecule has 0 fully saturated rings. The average Bonchev–Trinajstić information content (AvgIpc) is 2.93. The highest BCUT2D eigenvalue weighted by atomic mass is 16.5. The van der Waals surface area contributed by atoms with Gasteiger partial charge in [0.05, 0.1) is 24.5 Å². The summed E-state index contributed by atoms with van der Waals surface area (Å²) in [5.74, 6) is 1.08. The zero-order chi connectivity index (χ0) is 14.7.